The Kier molecular flexibility index (Phi) is 5.70. The van der Waals surface area contributed by atoms with Crippen molar-refractivity contribution in [2.24, 2.45) is 0 Å². The third-order valence-electron chi connectivity index (χ3n) is 4.37. The van der Waals surface area contributed by atoms with Gasteiger partial charge in [-0.15, -0.1) is 0 Å². The number of halogens is 2. The molecule has 1 aliphatic heterocycles. The molecule has 0 radical (unpaired) electrons. The van der Waals surface area contributed by atoms with Crippen LogP contribution in [0.4, 0.5) is 0 Å². The minimum atomic E-state index is -3.62. The van der Waals surface area contributed by atoms with E-state index >= 15 is 0 Å². The van der Waals surface area contributed by atoms with Gasteiger partial charge in [0.2, 0.25) is 10.0 Å². The standard InChI is InChI=1S/C16H20Cl2N4O2S/c1-13-11-16(15(18)12-14(13)17)25(23,24)22-9-6-20(7-10-22)5-8-21-4-2-3-19-21/h2-4,11-12H,5-10H2,1H3. The Labute approximate surface area is 158 Å². The summed E-state index contributed by atoms with van der Waals surface area (Å²) >= 11 is 12.1. The fourth-order valence-electron chi connectivity index (χ4n) is 2.84. The first-order chi connectivity index (χ1) is 11.9. The Morgan fingerprint density at radius 2 is 1.80 bits per heavy atom. The van der Waals surface area contributed by atoms with Crippen LogP contribution in [-0.4, -0.2) is 60.1 Å². The molecule has 0 amide bonds. The number of aromatic nitrogens is 2. The second-order valence-corrected chi connectivity index (χ2v) is 8.77. The van der Waals surface area contributed by atoms with Crippen LogP contribution in [0.3, 0.4) is 0 Å². The normalized spacial score (nSPS) is 17.1. The summed E-state index contributed by atoms with van der Waals surface area (Å²) in [6.45, 7) is 5.66. The minimum Gasteiger partial charge on any atom is -0.299 e. The third-order valence-corrected chi connectivity index (χ3v) is 7.14. The number of nitrogens with zero attached hydrogens (tertiary/aromatic N) is 4. The monoisotopic (exact) mass is 402 g/mol. The molecule has 0 N–H and O–H groups in total. The Bertz CT molecular complexity index is 832. The first-order valence-corrected chi connectivity index (χ1v) is 10.2. The number of aryl methyl sites for hydroxylation is 1. The molecule has 1 aromatic carbocycles. The fraction of sp³-hybridized carbons (Fsp3) is 0.438. The lowest BCUT2D eigenvalue weighted by Gasteiger charge is -2.34. The molecule has 2 heterocycles. The summed E-state index contributed by atoms with van der Waals surface area (Å²) < 4.78 is 29.1. The molecule has 3 rings (SSSR count). The molecule has 1 aliphatic rings. The predicted molar refractivity (Wildman–Crippen MR) is 98.6 cm³/mol. The van der Waals surface area contributed by atoms with E-state index in [0.717, 1.165) is 13.1 Å². The summed E-state index contributed by atoms with van der Waals surface area (Å²) in [6.07, 6.45) is 3.67. The summed E-state index contributed by atoms with van der Waals surface area (Å²) in [4.78, 5) is 2.36. The van der Waals surface area contributed by atoms with Gasteiger partial charge in [-0.3, -0.25) is 9.58 Å². The molecule has 0 bridgehead atoms. The van der Waals surface area contributed by atoms with Gasteiger partial charge in [-0.2, -0.15) is 9.40 Å². The van der Waals surface area contributed by atoms with Crippen LogP contribution in [0.25, 0.3) is 0 Å². The van der Waals surface area contributed by atoms with E-state index in [1.165, 1.54) is 10.4 Å². The zero-order valence-electron chi connectivity index (χ0n) is 13.9. The maximum Gasteiger partial charge on any atom is 0.244 e. The number of hydrogen-bond acceptors (Lipinski definition) is 4. The Balaban J connectivity index is 1.64. The maximum atomic E-state index is 12.9. The van der Waals surface area contributed by atoms with Gasteiger partial charge in [0.25, 0.3) is 0 Å². The van der Waals surface area contributed by atoms with Gasteiger partial charge in [0.1, 0.15) is 4.90 Å². The zero-order valence-corrected chi connectivity index (χ0v) is 16.2. The van der Waals surface area contributed by atoms with Crippen molar-refractivity contribution < 1.29 is 8.42 Å². The number of benzene rings is 1. The van der Waals surface area contributed by atoms with Gasteiger partial charge < -0.3 is 0 Å². The number of rotatable bonds is 5. The summed E-state index contributed by atoms with van der Waals surface area (Å²) in [5.74, 6) is 0. The SMILES string of the molecule is Cc1cc(S(=O)(=O)N2CCN(CCn3cccn3)CC2)c(Cl)cc1Cl. The quantitative estimate of drug-likeness (QED) is 0.770. The maximum absolute atomic E-state index is 12.9. The highest BCUT2D eigenvalue weighted by atomic mass is 35.5. The van der Waals surface area contributed by atoms with Gasteiger partial charge in [0.05, 0.1) is 11.6 Å². The summed E-state index contributed by atoms with van der Waals surface area (Å²) in [7, 11) is -3.62. The van der Waals surface area contributed by atoms with E-state index in [1.807, 2.05) is 16.9 Å². The molecular weight excluding hydrogens is 383 g/mol. The number of piperazine rings is 1. The molecule has 0 unspecified atom stereocenters. The molecule has 6 nitrogen and oxygen atoms in total. The van der Waals surface area contributed by atoms with Crippen LogP contribution in [0.1, 0.15) is 5.56 Å². The van der Waals surface area contributed by atoms with E-state index in [9.17, 15) is 8.42 Å². The number of sulfonamides is 1. The first-order valence-electron chi connectivity index (χ1n) is 8.03. The van der Waals surface area contributed by atoms with Gasteiger partial charge >= 0.3 is 0 Å². The van der Waals surface area contributed by atoms with Crippen LogP contribution in [-0.2, 0) is 16.6 Å². The second-order valence-electron chi connectivity index (χ2n) is 6.05. The Morgan fingerprint density at radius 3 is 2.44 bits per heavy atom. The van der Waals surface area contributed by atoms with E-state index in [-0.39, 0.29) is 9.92 Å². The molecule has 2 aromatic rings. The average Bonchev–Trinajstić information content (AvgIpc) is 3.10. The molecule has 1 saturated heterocycles. The van der Waals surface area contributed by atoms with Crippen molar-refractivity contribution in [3.8, 4) is 0 Å². The zero-order chi connectivity index (χ0) is 18.0. The van der Waals surface area contributed by atoms with Gasteiger partial charge in [0, 0.05) is 50.1 Å². The van der Waals surface area contributed by atoms with Crippen molar-refractivity contribution in [2.45, 2.75) is 18.4 Å². The van der Waals surface area contributed by atoms with E-state index in [1.54, 1.807) is 19.2 Å². The fourth-order valence-corrected chi connectivity index (χ4v) is 5.07. The molecule has 25 heavy (non-hydrogen) atoms. The van der Waals surface area contributed by atoms with Crippen molar-refractivity contribution in [2.75, 3.05) is 32.7 Å². The Hall–Kier alpha value is -1.12. The van der Waals surface area contributed by atoms with Crippen molar-refractivity contribution in [3.63, 3.8) is 0 Å². The van der Waals surface area contributed by atoms with Crippen LogP contribution in [0.15, 0.2) is 35.5 Å². The van der Waals surface area contributed by atoms with Gasteiger partial charge in [0.15, 0.2) is 0 Å². The van der Waals surface area contributed by atoms with Crippen LogP contribution in [0, 0.1) is 6.92 Å². The van der Waals surface area contributed by atoms with Gasteiger partial charge in [-0.1, -0.05) is 23.2 Å². The van der Waals surface area contributed by atoms with Crippen LogP contribution in [0.5, 0.6) is 0 Å². The van der Waals surface area contributed by atoms with Crippen LogP contribution < -0.4 is 0 Å². The summed E-state index contributed by atoms with van der Waals surface area (Å²) in [5, 5.41) is 4.81. The molecule has 0 aliphatic carbocycles. The second kappa shape index (κ2) is 7.63. The Morgan fingerprint density at radius 1 is 1.08 bits per heavy atom. The molecule has 0 atom stereocenters. The van der Waals surface area contributed by atoms with E-state index in [0.29, 0.717) is 36.8 Å². The van der Waals surface area contributed by atoms with Gasteiger partial charge in [-0.05, 0) is 30.7 Å². The summed E-state index contributed by atoms with van der Waals surface area (Å²) in [6, 6.07) is 4.93. The molecule has 0 spiro atoms. The highest BCUT2D eigenvalue weighted by molar-refractivity contribution is 7.89. The average molecular weight is 403 g/mol. The van der Waals surface area contributed by atoms with E-state index in [4.69, 9.17) is 23.2 Å². The first kappa shape index (κ1) is 18.7. The summed E-state index contributed by atoms with van der Waals surface area (Å²) in [5.41, 5.74) is 0.697. The highest BCUT2D eigenvalue weighted by Crippen LogP contribution is 2.30. The van der Waals surface area contributed by atoms with Crippen LogP contribution in [0.2, 0.25) is 10.0 Å². The van der Waals surface area contributed by atoms with E-state index in [2.05, 4.69) is 10.00 Å². The topological polar surface area (TPSA) is 58.4 Å². The van der Waals surface area contributed by atoms with Crippen molar-refractivity contribution >= 4 is 33.2 Å². The van der Waals surface area contributed by atoms with Crippen molar-refractivity contribution in [3.05, 3.63) is 46.2 Å². The molecule has 9 heteroatoms. The molecule has 0 saturated carbocycles. The van der Waals surface area contributed by atoms with Crippen LogP contribution >= 0.6 is 23.2 Å². The van der Waals surface area contributed by atoms with Crippen molar-refractivity contribution in [1.29, 1.82) is 0 Å². The molecule has 136 valence electrons. The largest absolute Gasteiger partial charge is 0.299 e. The smallest absolute Gasteiger partial charge is 0.244 e. The molecule has 1 fully saturated rings. The predicted octanol–water partition coefficient (Wildman–Crippen LogP) is 2.50. The lowest BCUT2D eigenvalue weighted by Crippen LogP contribution is -2.49. The lowest BCUT2D eigenvalue weighted by atomic mass is 10.2. The molecule has 1 aromatic heterocycles. The minimum absolute atomic E-state index is 0.126. The van der Waals surface area contributed by atoms with E-state index < -0.39 is 10.0 Å². The van der Waals surface area contributed by atoms with Crippen molar-refractivity contribution in [1.82, 2.24) is 19.0 Å². The third kappa shape index (κ3) is 4.17. The lowest BCUT2D eigenvalue weighted by molar-refractivity contribution is 0.181. The molecular formula is C16H20Cl2N4O2S. The van der Waals surface area contributed by atoms with Gasteiger partial charge in [-0.25, -0.2) is 8.42 Å². The number of hydrogen-bond donors (Lipinski definition) is 0. The highest BCUT2D eigenvalue weighted by Gasteiger charge is 2.30.